The van der Waals surface area contributed by atoms with E-state index in [2.05, 4.69) is 4.98 Å². The summed E-state index contributed by atoms with van der Waals surface area (Å²) in [6, 6.07) is 5.96. The molecule has 1 unspecified atom stereocenters. The van der Waals surface area contributed by atoms with Gasteiger partial charge in [0.15, 0.2) is 0 Å². The number of carbonyl (C=O) groups is 2. The smallest absolute Gasteiger partial charge is 0.308 e. The summed E-state index contributed by atoms with van der Waals surface area (Å²) in [4.78, 5) is 39.7. The van der Waals surface area contributed by atoms with Crippen molar-refractivity contribution in [1.29, 1.82) is 0 Å². The summed E-state index contributed by atoms with van der Waals surface area (Å²) in [5.74, 6) is -1.71. The van der Waals surface area contributed by atoms with Crippen LogP contribution in [0.3, 0.4) is 0 Å². The maximum absolute atomic E-state index is 12.5. The molecule has 25 heavy (non-hydrogen) atoms. The maximum atomic E-state index is 12.5. The Hall–Kier alpha value is -2.81. The first-order valence-electron chi connectivity index (χ1n) is 7.68. The fourth-order valence-electron chi connectivity index (χ4n) is 2.76. The number of benzene rings is 1. The average molecular weight is 361 g/mol. The second-order valence-corrected chi connectivity index (χ2v) is 6.63. The normalized spacial score (nSPS) is 17.3. The van der Waals surface area contributed by atoms with E-state index < -0.39 is 16.8 Å². The summed E-state index contributed by atoms with van der Waals surface area (Å²) in [6.45, 7) is 0.714. The number of hydrogen-bond donors (Lipinski definition) is 1. The van der Waals surface area contributed by atoms with Crippen LogP contribution in [0.25, 0.3) is 10.6 Å². The molecule has 0 saturated carbocycles. The van der Waals surface area contributed by atoms with E-state index in [0.29, 0.717) is 30.0 Å². The molecule has 2 heterocycles. The molecule has 1 atom stereocenters. The van der Waals surface area contributed by atoms with Crippen LogP contribution in [0.4, 0.5) is 5.69 Å². The first-order valence-corrected chi connectivity index (χ1v) is 8.56. The zero-order valence-corrected chi connectivity index (χ0v) is 13.9. The van der Waals surface area contributed by atoms with Gasteiger partial charge in [-0.2, -0.15) is 0 Å². The lowest BCUT2D eigenvalue weighted by atomic mass is 9.98. The zero-order chi connectivity index (χ0) is 18.0. The molecule has 1 aromatic carbocycles. The summed E-state index contributed by atoms with van der Waals surface area (Å²) in [5.41, 5.74) is 0.950. The monoisotopic (exact) mass is 361 g/mol. The van der Waals surface area contributed by atoms with Gasteiger partial charge < -0.3 is 10.0 Å². The van der Waals surface area contributed by atoms with E-state index in [1.165, 1.54) is 28.4 Å². The third-order valence-electron chi connectivity index (χ3n) is 4.11. The number of rotatable bonds is 4. The van der Waals surface area contributed by atoms with Gasteiger partial charge in [0.25, 0.3) is 11.6 Å². The van der Waals surface area contributed by atoms with E-state index in [1.807, 2.05) is 0 Å². The van der Waals surface area contributed by atoms with Gasteiger partial charge in [0.2, 0.25) is 0 Å². The molecule has 0 bridgehead atoms. The van der Waals surface area contributed by atoms with E-state index in [0.717, 1.165) is 0 Å². The maximum Gasteiger partial charge on any atom is 0.308 e. The minimum atomic E-state index is -0.887. The zero-order valence-electron chi connectivity index (χ0n) is 13.1. The fourth-order valence-corrected chi connectivity index (χ4v) is 3.56. The first kappa shape index (κ1) is 17.0. The van der Waals surface area contributed by atoms with Crippen LogP contribution in [0.1, 0.15) is 23.3 Å². The molecule has 9 heteroatoms. The molecule has 2 aromatic rings. The van der Waals surface area contributed by atoms with Gasteiger partial charge in [0, 0.05) is 36.2 Å². The lowest BCUT2D eigenvalue weighted by Gasteiger charge is -2.30. The lowest BCUT2D eigenvalue weighted by molar-refractivity contribution is -0.384. The van der Waals surface area contributed by atoms with E-state index in [-0.39, 0.29) is 23.8 Å². The Morgan fingerprint density at radius 2 is 2.04 bits per heavy atom. The Labute approximate surface area is 146 Å². The van der Waals surface area contributed by atoms with Crippen molar-refractivity contribution in [2.75, 3.05) is 13.1 Å². The molecule has 130 valence electrons. The number of thiazole rings is 1. The molecule has 1 amide bonds. The molecule has 1 saturated heterocycles. The van der Waals surface area contributed by atoms with Crippen molar-refractivity contribution < 1.29 is 19.6 Å². The highest BCUT2D eigenvalue weighted by Crippen LogP contribution is 2.27. The molecule has 0 radical (unpaired) electrons. The summed E-state index contributed by atoms with van der Waals surface area (Å²) in [7, 11) is 0. The molecule has 1 aliphatic heterocycles. The van der Waals surface area contributed by atoms with Crippen LogP contribution < -0.4 is 0 Å². The Kier molecular flexibility index (Phi) is 4.75. The Morgan fingerprint density at radius 3 is 2.68 bits per heavy atom. The van der Waals surface area contributed by atoms with Crippen LogP contribution in [0.15, 0.2) is 29.6 Å². The van der Waals surface area contributed by atoms with Crippen molar-refractivity contribution in [2.45, 2.75) is 12.8 Å². The molecular formula is C16H15N3O5S. The number of non-ortho nitro benzene ring substituents is 1. The Bertz CT molecular complexity index is 817. The predicted octanol–water partition coefficient (Wildman–Crippen LogP) is 2.66. The van der Waals surface area contributed by atoms with Gasteiger partial charge >= 0.3 is 5.97 Å². The first-order chi connectivity index (χ1) is 12.0. The van der Waals surface area contributed by atoms with Gasteiger partial charge in [-0.05, 0) is 25.0 Å². The van der Waals surface area contributed by atoms with E-state index in [9.17, 15) is 19.7 Å². The van der Waals surface area contributed by atoms with Crippen LogP contribution >= 0.6 is 11.3 Å². The molecular weight excluding hydrogens is 346 g/mol. The predicted molar refractivity (Wildman–Crippen MR) is 90.5 cm³/mol. The quantitative estimate of drug-likeness (QED) is 0.661. The molecule has 1 N–H and O–H groups in total. The number of aromatic nitrogens is 1. The minimum absolute atomic E-state index is 0.00960. The molecule has 8 nitrogen and oxygen atoms in total. The number of carbonyl (C=O) groups excluding carboxylic acids is 1. The number of nitro groups is 1. The Balaban J connectivity index is 1.75. The van der Waals surface area contributed by atoms with Gasteiger partial charge in [-0.1, -0.05) is 0 Å². The number of carboxylic acid groups (broad SMARTS) is 1. The number of hydrogen-bond acceptors (Lipinski definition) is 6. The van der Waals surface area contributed by atoms with Gasteiger partial charge in [0.05, 0.1) is 10.8 Å². The molecule has 1 aliphatic rings. The standard InChI is InChI=1S/C16H15N3O5S/c20-15(18-7-1-2-11(8-18)16(21)22)13-9-25-14(17-13)10-3-5-12(6-4-10)19(23)24/h3-6,9,11H,1-2,7-8H2,(H,21,22). The number of amides is 1. The largest absolute Gasteiger partial charge is 0.481 e. The average Bonchev–Trinajstić information content (AvgIpc) is 3.11. The van der Waals surface area contributed by atoms with Crippen LogP contribution in [0.2, 0.25) is 0 Å². The van der Waals surface area contributed by atoms with Crippen molar-refractivity contribution in [3.8, 4) is 10.6 Å². The number of piperidine rings is 1. The van der Waals surface area contributed by atoms with Crippen molar-refractivity contribution in [3.05, 3.63) is 45.5 Å². The number of aliphatic carboxylic acids is 1. The molecule has 3 rings (SSSR count). The highest BCUT2D eigenvalue weighted by Gasteiger charge is 2.29. The topological polar surface area (TPSA) is 114 Å². The molecule has 0 aliphatic carbocycles. The van der Waals surface area contributed by atoms with Crippen LogP contribution in [0, 0.1) is 16.0 Å². The second-order valence-electron chi connectivity index (χ2n) is 5.77. The molecule has 1 aromatic heterocycles. The van der Waals surface area contributed by atoms with E-state index >= 15 is 0 Å². The summed E-state index contributed by atoms with van der Waals surface area (Å²) < 4.78 is 0. The third kappa shape index (κ3) is 3.66. The summed E-state index contributed by atoms with van der Waals surface area (Å²) >= 11 is 1.27. The second kappa shape index (κ2) is 6.98. The number of likely N-dealkylation sites (tertiary alicyclic amines) is 1. The third-order valence-corrected chi connectivity index (χ3v) is 5.00. The minimum Gasteiger partial charge on any atom is -0.481 e. The van der Waals surface area contributed by atoms with Crippen molar-refractivity contribution in [1.82, 2.24) is 9.88 Å². The van der Waals surface area contributed by atoms with Gasteiger partial charge in [-0.15, -0.1) is 11.3 Å². The fraction of sp³-hybridized carbons (Fsp3) is 0.312. The van der Waals surface area contributed by atoms with Gasteiger partial charge in [-0.3, -0.25) is 19.7 Å². The van der Waals surface area contributed by atoms with Crippen molar-refractivity contribution >= 4 is 28.9 Å². The molecule has 0 spiro atoms. The number of nitro benzene ring substituents is 1. The van der Waals surface area contributed by atoms with Crippen LogP contribution in [-0.4, -0.2) is 44.9 Å². The van der Waals surface area contributed by atoms with E-state index in [1.54, 1.807) is 17.5 Å². The number of carboxylic acids is 1. The Morgan fingerprint density at radius 1 is 1.32 bits per heavy atom. The van der Waals surface area contributed by atoms with Gasteiger partial charge in [-0.25, -0.2) is 4.98 Å². The number of nitrogens with zero attached hydrogens (tertiary/aromatic N) is 3. The molecule has 1 fully saturated rings. The van der Waals surface area contributed by atoms with Crippen LogP contribution in [-0.2, 0) is 4.79 Å². The summed E-state index contributed by atoms with van der Waals surface area (Å²) in [5, 5.41) is 22.0. The van der Waals surface area contributed by atoms with Crippen molar-refractivity contribution in [3.63, 3.8) is 0 Å². The lowest BCUT2D eigenvalue weighted by Crippen LogP contribution is -2.42. The van der Waals surface area contributed by atoms with Gasteiger partial charge in [0.1, 0.15) is 10.7 Å². The SMILES string of the molecule is O=C(O)C1CCCN(C(=O)c2csc(-c3ccc([N+](=O)[O-])cc3)n2)C1. The highest BCUT2D eigenvalue weighted by atomic mass is 32.1. The van der Waals surface area contributed by atoms with Crippen LogP contribution in [0.5, 0.6) is 0 Å². The van der Waals surface area contributed by atoms with Crippen molar-refractivity contribution in [2.24, 2.45) is 5.92 Å². The van der Waals surface area contributed by atoms with E-state index in [4.69, 9.17) is 5.11 Å². The highest BCUT2D eigenvalue weighted by molar-refractivity contribution is 7.13. The summed E-state index contributed by atoms with van der Waals surface area (Å²) in [6.07, 6.45) is 1.23.